The van der Waals surface area contributed by atoms with E-state index in [4.69, 9.17) is 26.2 Å². The summed E-state index contributed by atoms with van der Waals surface area (Å²) in [7, 11) is 0. The van der Waals surface area contributed by atoms with Crippen LogP contribution in [-0.2, 0) is 19.2 Å². The number of carbonyl (C=O) groups is 6. The molecule has 0 amide bonds. The molecule has 0 spiro atoms. The second-order valence-electron chi connectivity index (χ2n) is 10.7. The summed E-state index contributed by atoms with van der Waals surface area (Å²) in [4.78, 5) is 68.2. The van der Waals surface area contributed by atoms with Crippen LogP contribution in [0.2, 0.25) is 0 Å². The highest BCUT2D eigenvalue weighted by Gasteiger charge is 2.27. The van der Waals surface area contributed by atoms with Crippen LogP contribution >= 0.6 is 39.1 Å². The molecule has 0 aliphatic heterocycles. The molecule has 5 rings (SSSR count). The molecule has 0 heterocycles. The van der Waals surface area contributed by atoms with Crippen LogP contribution in [-0.4, -0.2) is 40.0 Å². The van der Waals surface area contributed by atoms with Crippen LogP contribution in [0, 0.1) is 6.92 Å². The van der Waals surface area contributed by atoms with Crippen LogP contribution in [0.5, 0.6) is 0 Å². The van der Waals surface area contributed by atoms with E-state index in [9.17, 15) is 28.8 Å². The molecule has 0 aromatic heterocycles. The first-order valence-electron chi connectivity index (χ1n) is 15.1. The van der Waals surface area contributed by atoms with E-state index in [0.717, 1.165) is 11.1 Å². The lowest BCUT2D eigenvalue weighted by molar-refractivity contribution is -0.116. The molecule has 0 saturated carbocycles. The summed E-state index contributed by atoms with van der Waals surface area (Å²) in [5, 5.41) is 0.194. The standard InChI is InChI=1S/C12H12O2.C12H10O2.C7H5BrO2.C5H8.CH2Cl2.2CH4.H2/c2*1-7-3-4-9-10(5-7)11(13)6-8(2)12(9)14;1-4-2-5(9)3-6(8)7(4)10;1-4-5(2)3;2-1-3;;;/h3,6H,4-5H2,1-2H3;3-6H,1-2H3;2-3H,1H3;4H,1-2H2,3H3;1H2;2*1H4;1H/i;;;;;;;1+1D. The van der Waals surface area contributed by atoms with E-state index in [-0.39, 0.29) is 54.9 Å². The first kappa shape index (κ1) is 44.2. The number of alkyl halides is 2. The van der Waals surface area contributed by atoms with Gasteiger partial charge in [0.15, 0.2) is 34.7 Å². The van der Waals surface area contributed by atoms with E-state index in [1.807, 2.05) is 32.9 Å². The Bertz CT molecular complexity index is 1670. The van der Waals surface area contributed by atoms with Crippen molar-refractivity contribution in [1.82, 2.24) is 0 Å². The summed E-state index contributed by atoms with van der Waals surface area (Å²) in [5.41, 5.74) is 7.25. The van der Waals surface area contributed by atoms with Crippen LogP contribution in [0.3, 0.4) is 0 Å². The van der Waals surface area contributed by atoms with Crippen LogP contribution in [0.25, 0.3) is 0 Å². The van der Waals surface area contributed by atoms with Crippen molar-refractivity contribution in [2.45, 2.75) is 69.2 Å². The Hall–Kier alpha value is -3.78. The molecule has 48 heavy (non-hydrogen) atoms. The van der Waals surface area contributed by atoms with Crippen LogP contribution in [0.1, 0.15) is 91.6 Å². The predicted octanol–water partition coefficient (Wildman–Crippen LogP) is 10.5. The molecule has 6 nitrogen and oxygen atoms in total. The maximum absolute atomic E-state index is 11.7. The highest BCUT2D eigenvalue weighted by Crippen LogP contribution is 2.30. The third-order valence-corrected chi connectivity index (χ3v) is 7.28. The van der Waals surface area contributed by atoms with Crippen molar-refractivity contribution in [1.29, 1.82) is 0 Å². The van der Waals surface area contributed by atoms with E-state index in [1.165, 1.54) is 29.9 Å². The number of ketones is 6. The molecular formula is C39H47BrCl2O6. The van der Waals surface area contributed by atoms with Crippen LogP contribution in [0.15, 0.2) is 111 Å². The summed E-state index contributed by atoms with van der Waals surface area (Å²) in [6.07, 6.45) is 10.5. The summed E-state index contributed by atoms with van der Waals surface area (Å²) >= 11 is 12.5. The third kappa shape index (κ3) is 13.8. The normalized spacial score (nSPS) is 15.9. The number of Topliss-reactive ketones (excluding diaryl/α,β-unsaturated/α-hetero) is 3. The molecule has 0 atom stereocenters. The molecule has 0 fully saturated rings. The maximum Gasteiger partial charge on any atom is 0.195 e. The third-order valence-electron chi connectivity index (χ3n) is 6.69. The molecule has 0 radical (unpaired) electrons. The zero-order chi connectivity index (χ0) is 37.3. The molecule has 0 bridgehead atoms. The number of rotatable bonds is 1. The summed E-state index contributed by atoms with van der Waals surface area (Å²) in [6, 6.07) is 5.34. The van der Waals surface area contributed by atoms with Gasteiger partial charge in [-0.1, -0.05) is 69.0 Å². The fraction of sp³-hybridized carbons (Fsp3) is 0.282. The molecule has 9 heteroatoms. The van der Waals surface area contributed by atoms with Crippen molar-refractivity contribution in [3.05, 3.63) is 128 Å². The van der Waals surface area contributed by atoms with Crippen LogP contribution in [0.4, 0.5) is 0 Å². The molecule has 4 aliphatic rings. The van der Waals surface area contributed by atoms with Gasteiger partial charge in [0.1, 0.15) is 0 Å². The Balaban J connectivity index is -0.000000581. The molecule has 1 aromatic carbocycles. The molecular weight excluding hydrogens is 715 g/mol. The van der Waals surface area contributed by atoms with Crippen molar-refractivity contribution in [3.8, 4) is 0 Å². The maximum atomic E-state index is 11.7. The highest BCUT2D eigenvalue weighted by atomic mass is 79.9. The van der Waals surface area contributed by atoms with Gasteiger partial charge in [0.05, 0.1) is 9.82 Å². The zero-order valence-electron chi connectivity index (χ0n) is 28.8. The Labute approximate surface area is 306 Å². The summed E-state index contributed by atoms with van der Waals surface area (Å²) in [5.74, 6) is -0.295. The van der Waals surface area contributed by atoms with Crippen molar-refractivity contribution in [2.75, 3.05) is 5.34 Å². The topological polar surface area (TPSA) is 102 Å². The number of aryl methyl sites for hydroxylation is 1. The number of hydrogen-bond donors (Lipinski definition) is 0. The average molecular weight is 765 g/mol. The lowest BCUT2D eigenvalue weighted by atomic mass is 9.82. The lowest BCUT2D eigenvalue weighted by Gasteiger charge is -2.20. The predicted molar refractivity (Wildman–Crippen MR) is 205 cm³/mol. The molecule has 0 saturated heterocycles. The van der Waals surface area contributed by atoms with E-state index >= 15 is 0 Å². The Morgan fingerprint density at radius 2 is 1.31 bits per heavy atom. The quantitative estimate of drug-likeness (QED) is 0.122. The molecule has 0 unspecified atom stereocenters. The van der Waals surface area contributed by atoms with Crippen molar-refractivity contribution in [3.63, 3.8) is 0 Å². The lowest BCUT2D eigenvalue weighted by Crippen LogP contribution is -2.20. The van der Waals surface area contributed by atoms with Gasteiger partial charge in [0, 0.05) is 48.0 Å². The van der Waals surface area contributed by atoms with Gasteiger partial charge in [-0.3, -0.25) is 28.8 Å². The minimum atomic E-state index is -0.135. The number of halogens is 3. The van der Waals surface area contributed by atoms with Gasteiger partial charge in [-0.15, -0.1) is 23.2 Å². The number of hydrogen-bond acceptors (Lipinski definition) is 6. The van der Waals surface area contributed by atoms with E-state index in [1.54, 1.807) is 39.0 Å². The second-order valence-corrected chi connectivity index (χ2v) is 12.3. The van der Waals surface area contributed by atoms with E-state index < -0.39 is 0 Å². The molecule has 0 N–H and O–H groups in total. The smallest absolute Gasteiger partial charge is 0.195 e. The van der Waals surface area contributed by atoms with E-state index in [2.05, 4.69) is 29.1 Å². The molecule has 4 aliphatic carbocycles. The Morgan fingerprint density at radius 3 is 1.83 bits per heavy atom. The highest BCUT2D eigenvalue weighted by molar-refractivity contribution is 9.12. The molecule has 260 valence electrons. The van der Waals surface area contributed by atoms with Crippen molar-refractivity contribution >= 4 is 73.8 Å². The van der Waals surface area contributed by atoms with Gasteiger partial charge in [0.2, 0.25) is 0 Å². The first-order valence-corrected chi connectivity index (χ1v) is 15.9. The SMILES string of the molecule is C.C.C=CC(=C)C.CC1=CC(=O)C=C(Br)C1=O.CC1=CC(=O)c2cc(C)ccc2C1=O.CC1=CCC2=C(C1)C(=O)C=C(C)C2=O.ClCCl.[2H][2H]. The van der Waals surface area contributed by atoms with E-state index in [0.29, 0.717) is 56.3 Å². The van der Waals surface area contributed by atoms with Crippen molar-refractivity contribution < 1.29 is 31.7 Å². The monoisotopic (exact) mass is 762 g/mol. The van der Waals surface area contributed by atoms with Gasteiger partial charge in [0.25, 0.3) is 0 Å². The number of allylic oxidation sites excluding steroid dienone is 14. The first-order chi connectivity index (χ1) is 22.5. The Morgan fingerprint density at radius 1 is 0.812 bits per heavy atom. The summed E-state index contributed by atoms with van der Waals surface area (Å²) < 4.78 is 10.3. The van der Waals surface area contributed by atoms with Crippen molar-refractivity contribution in [2.24, 2.45) is 0 Å². The van der Waals surface area contributed by atoms with Gasteiger partial charge in [-0.25, -0.2) is 0 Å². The fourth-order valence-electron chi connectivity index (χ4n) is 4.22. The van der Waals surface area contributed by atoms with Gasteiger partial charge in [-0.05, 0) is 94.6 Å². The van der Waals surface area contributed by atoms with Gasteiger partial charge in [-0.2, -0.15) is 0 Å². The zero-order valence-corrected chi connectivity index (χ0v) is 29.9. The summed E-state index contributed by atoms with van der Waals surface area (Å²) in [6.45, 7) is 17.8. The van der Waals surface area contributed by atoms with Crippen LogP contribution < -0.4 is 0 Å². The average Bonchev–Trinajstić information content (AvgIpc) is 3.03. The fourth-order valence-corrected chi connectivity index (χ4v) is 4.76. The number of benzene rings is 1. The number of carbonyl (C=O) groups excluding carboxylic acids is 6. The van der Waals surface area contributed by atoms with Gasteiger partial charge >= 0.3 is 0 Å². The minimum absolute atomic E-state index is 0. The largest absolute Gasteiger partial charge is 0.290 e. The minimum Gasteiger partial charge on any atom is -0.290 e. The van der Waals surface area contributed by atoms with Gasteiger partial charge < -0.3 is 0 Å². The second kappa shape index (κ2) is 22.0. The number of fused-ring (bicyclic) bond motifs is 1. The Kier molecular flexibility index (Phi) is 20.2. The molecule has 1 aromatic rings.